The van der Waals surface area contributed by atoms with Gasteiger partial charge in [-0.25, -0.2) is 0 Å². The average Bonchev–Trinajstić information content (AvgIpc) is 3.21. The largest absolute Gasteiger partial charge is 0.179 e. The molecule has 6 aromatic carbocycles. The molecule has 0 N–H and O–H groups in total. The standard InChI is InChI=1S/C31H20.C13H20.Y/c1-3-13-23(14-4-1)31(24-15-5-2-6-16-24)29-21-11-9-19-27(29)25-17-7-8-18-26(25)28-20-10-12-22-30(28)31;1-4-7-13-9-11(5-2)8-12(6-3)10-13;/h1-13,15,17-22H;8-10H,4-7H2,1-3H3;/q-2;;. The Morgan fingerprint density at radius 1 is 0.467 bits per heavy atom. The molecule has 0 fully saturated rings. The fourth-order valence-electron chi connectivity index (χ4n) is 6.85. The topological polar surface area (TPSA) is 0 Å². The van der Waals surface area contributed by atoms with Crippen LogP contribution in [0.2, 0.25) is 0 Å². The summed E-state index contributed by atoms with van der Waals surface area (Å²) < 4.78 is 0. The number of aryl methyl sites for hydroxylation is 3. The van der Waals surface area contributed by atoms with Crippen molar-refractivity contribution in [1.82, 2.24) is 0 Å². The Labute approximate surface area is 295 Å². The second kappa shape index (κ2) is 15.1. The summed E-state index contributed by atoms with van der Waals surface area (Å²) in [6, 6.07) is 57.3. The normalized spacial score (nSPS) is 12.2. The van der Waals surface area contributed by atoms with Gasteiger partial charge in [-0.05, 0) is 69.3 Å². The first-order valence-corrected chi connectivity index (χ1v) is 16.1. The molecule has 1 heteroatoms. The van der Waals surface area contributed by atoms with Crippen LogP contribution >= 0.6 is 0 Å². The summed E-state index contributed by atoms with van der Waals surface area (Å²) in [6.45, 7) is 6.69. The van der Waals surface area contributed by atoms with Gasteiger partial charge < -0.3 is 0 Å². The number of benzene rings is 6. The van der Waals surface area contributed by atoms with E-state index in [0.29, 0.717) is 0 Å². The maximum Gasteiger partial charge on any atom is 0.0266 e. The Kier molecular flexibility index (Phi) is 11.0. The third kappa shape index (κ3) is 6.42. The van der Waals surface area contributed by atoms with Gasteiger partial charge in [0.25, 0.3) is 0 Å². The quantitative estimate of drug-likeness (QED) is 0.156. The van der Waals surface area contributed by atoms with Crippen LogP contribution in [0.5, 0.6) is 0 Å². The van der Waals surface area contributed by atoms with Crippen molar-refractivity contribution in [3.8, 4) is 22.3 Å². The van der Waals surface area contributed by atoms with E-state index in [1.54, 1.807) is 0 Å². The second-order valence-corrected chi connectivity index (χ2v) is 11.6. The maximum atomic E-state index is 3.59. The fraction of sp³-hybridized carbons (Fsp3) is 0.182. The Hall–Kier alpha value is -3.58. The zero-order valence-electron chi connectivity index (χ0n) is 26.7. The van der Waals surface area contributed by atoms with E-state index in [1.807, 2.05) is 24.3 Å². The van der Waals surface area contributed by atoms with Crippen molar-refractivity contribution in [3.63, 3.8) is 0 Å². The Morgan fingerprint density at radius 2 is 0.867 bits per heavy atom. The minimum atomic E-state index is -0.519. The average molecular weight is 658 g/mol. The molecular formula is C44H40Y-2. The van der Waals surface area contributed by atoms with Crippen LogP contribution in [-0.4, -0.2) is 0 Å². The van der Waals surface area contributed by atoms with Gasteiger partial charge >= 0.3 is 0 Å². The van der Waals surface area contributed by atoms with Crippen molar-refractivity contribution < 1.29 is 32.7 Å². The molecule has 221 valence electrons. The summed E-state index contributed by atoms with van der Waals surface area (Å²) in [6.07, 6.45) is 4.78. The summed E-state index contributed by atoms with van der Waals surface area (Å²) in [5.41, 5.74) is 13.8. The van der Waals surface area contributed by atoms with Crippen LogP contribution in [0.25, 0.3) is 22.3 Å². The van der Waals surface area contributed by atoms with Gasteiger partial charge in [0.1, 0.15) is 0 Å². The molecule has 45 heavy (non-hydrogen) atoms. The van der Waals surface area contributed by atoms with Gasteiger partial charge in [0.2, 0.25) is 0 Å². The molecule has 0 atom stereocenters. The van der Waals surface area contributed by atoms with E-state index in [4.69, 9.17) is 0 Å². The van der Waals surface area contributed by atoms with Crippen LogP contribution in [0.4, 0.5) is 0 Å². The van der Waals surface area contributed by atoms with Crippen molar-refractivity contribution in [2.45, 2.75) is 51.9 Å². The van der Waals surface area contributed by atoms with E-state index in [9.17, 15) is 0 Å². The first-order valence-electron chi connectivity index (χ1n) is 16.1. The van der Waals surface area contributed by atoms with E-state index < -0.39 is 5.41 Å². The van der Waals surface area contributed by atoms with Crippen LogP contribution in [0.15, 0.2) is 140 Å². The van der Waals surface area contributed by atoms with E-state index in [2.05, 4.69) is 148 Å². The predicted molar refractivity (Wildman–Crippen MR) is 186 cm³/mol. The van der Waals surface area contributed by atoms with Gasteiger partial charge in [0.15, 0.2) is 0 Å². The molecule has 7 rings (SSSR count). The van der Waals surface area contributed by atoms with Crippen molar-refractivity contribution in [2.24, 2.45) is 0 Å². The Bertz CT molecular complexity index is 1700. The minimum absolute atomic E-state index is 0. The molecular weight excluding hydrogens is 617 g/mol. The molecule has 0 saturated carbocycles. The first kappa shape index (κ1) is 32.8. The Balaban J connectivity index is 0.000000243. The number of hydrogen-bond acceptors (Lipinski definition) is 0. The zero-order valence-corrected chi connectivity index (χ0v) is 29.5. The summed E-state index contributed by atoms with van der Waals surface area (Å²) in [7, 11) is 0. The Morgan fingerprint density at radius 3 is 1.27 bits per heavy atom. The SMILES string of the molecule is CCCc1cc(CC)cc(CC)c1.[Y].[c-]1ccccc1C1(c2[c-]cccc2)c2ccccc2-c2ccccc2-c2ccccc21. The number of hydrogen-bond donors (Lipinski definition) is 0. The van der Waals surface area contributed by atoms with Crippen LogP contribution < -0.4 is 0 Å². The molecule has 0 bridgehead atoms. The minimum Gasteiger partial charge on any atom is -0.179 e. The summed E-state index contributed by atoms with van der Waals surface area (Å²) in [5, 5.41) is 0. The second-order valence-electron chi connectivity index (χ2n) is 11.6. The monoisotopic (exact) mass is 657 g/mol. The zero-order chi connectivity index (χ0) is 30.4. The molecule has 1 aliphatic rings. The number of rotatable bonds is 6. The van der Waals surface area contributed by atoms with Crippen LogP contribution in [0, 0.1) is 12.1 Å². The van der Waals surface area contributed by atoms with Crippen LogP contribution in [0.3, 0.4) is 0 Å². The van der Waals surface area contributed by atoms with Gasteiger partial charge in [0.05, 0.1) is 0 Å². The summed E-state index contributed by atoms with van der Waals surface area (Å²) in [4.78, 5) is 0. The fourth-order valence-corrected chi connectivity index (χ4v) is 6.85. The summed E-state index contributed by atoms with van der Waals surface area (Å²) >= 11 is 0. The molecule has 0 aromatic heterocycles. The van der Waals surface area contributed by atoms with Gasteiger partial charge in [-0.3, -0.25) is 0 Å². The van der Waals surface area contributed by atoms with Gasteiger partial charge in [-0.15, -0.1) is 11.1 Å². The van der Waals surface area contributed by atoms with Gasteiger partial charge in [-0.1, -0.05) is 118 Å². The van der Waals surface area contributed by atoms with E-state index in [-0.39, 0.29) is 32.7 Å². The molecule has 0 unspecified atom stereocenters. The van der Waals surface area contributed by atoms with E-state index in [1.165, 1.54) is 62.9 Å². The van der Waals surface area contributed by atoms with Crippen molar-refractivity contribution >= 4 is 0 Å². The molecule has 0 spiro atoms. The van der Waals surface area contributed by atoms with Crippen molar-refractivity contribution in [2.75, 3.05) is 0 Å². The predicted octanol–water partition coefficient (Wildman–Crippen LogP) is 11.1. The van der Waals surface area contributed by atoms with Gasteiger partial charge in [0, 0.05) is 38.1 Å². The molecule has 0 heterocycles. The molecule has 0 amide bonds. The number of fused-ring (bicyclic) bond motifs is 5. The third-order valence-electron chi connectivity index (χ3n) is 8.86. The van der Waals surface area contributed by atoms with E-state index >= 15 is 0 Å². The molecule has 1 aliphatic carbocycles. The van der Waals surface area contributed by atoms with E-state index in [0.717, 1.165) is 24.0 Å². The molecule has 1 radical (unpaired) electrons. The summed E-state index contributed by atoms with van der Waals surface area (Å²) in [5.74, 6) is 0. The van der Waals surface area contributed by atoms with Crippen molar-refractivity contribution in [1.29, 1.82) is 0 Å². The molecule has 6 aromatic rings. The first-order chi connectivity index (χ1) is 21.7. The molecule has 0 saturated heterocycles. The van der Waals surface area contributed by atoms with Crippen molar-refractivity contribution in [3.05, 3.63) is 191 Å². The molecule has 0 aliphatic heterocycles. The van der Waals surface area contributed by atoms with Crippen LogP contribution in [0.1, 0.15) is 66.1 Å². The van der Waals surface area contributed by atoms with Crippen LogP contribution in [-0.2, 0) is 57.4 Å². The van der Waals surface area contributed by atoms with Gasteiger partial charge in [-0.2, -0.15) is 60.7 Å². The third-order valence-corrected chi connectivity index (χ3v) is 8.86. The molecule has 0 nitrogen and oxygen atoms in total. The smallest absolute Gasteiger partial charge is 0.0266 e. The maximum absolute atomic E-state index is 3.59.